The molecule has 0 spiro atoms. The van der Waals surface area contributed by atoms with Crippen molar-refractivity contribution in [3.8, 4) is 0 Å². The lowest BCUT2D eigenvalue weighted by Gasteiger charge is -2.15. The second kappa shape index (κ2) is 3.35. The second-order valence-corrected chi connectivity index (χ2v) is 4.16. The van der Waals surface area contributed by atoms with Crippen LogP contribution in [-0.2, 0) is 11.2 Å². The maximum absolute atomic E-state index is 11.8. The largest absolute Gasteiger partial charge is 0.294 e. The molecule has 1 aliphatic carbocycles. The van der Waals surface area contributed by atoms with Crippen LogP contribution >= 0.6 is 0 Å². The van der Waals surface area contributed by atoms with Crippen molar-refractivity contribution in [1.29, 1.82) is 5.41 Å². The highest BCUT2D eigenvalue weighted by molar-refractivity contribution is 6.69. The normalized spacial score (nSPS) is 15.2. The lowest BCUT2D eigenvalue weighted by Crippen LogP contribution is -2.31. The molecule has 0 saturated carbocycles. The number of hydrogen-bond acceptors (Lipinski definition) is 3. The molecule has 3 nitrogen and oxygen atoms in total. The topological polar surface area (TPSA) is 58.0 Å². The summed E-state index contributed by atoms with van der Waals surface area (Å²) in [6, 6.07) is 11.3. The predicted molar refractivity (Wildman–Crippen MR) is 64.7 cm³/mol. The Morgan fingerprint density at radius 3 is 2.35 bits per heavy atom. The third-order valence-corrected chi connectivity index (χ3v) is 3.07. The van der Waals surface area contributed by atoms with Crippen molar-refractivity contribution in [2.24, 2.45) is 0 Å². The summed E-state index contributed by atoms with van der Waals surface area (Å²) in [5, 5.41) is 9.41. The zero-order chi connectivity index (χ0) is 12.0. The summed E-state index contributed by atoms with van der Waals surface area (Å²) in [4.78, 5) is 23.3. The van der Waals surface area contributed by atoms with Crippen LogP contribution in [0.4, 0.5) is 0 Å². The molecule has 2 aromatic rings. The SMILES string of the molecule is N=C1C(=O)Cc2cc3ccccc3cc2C1=O. The lowest BCUT2D eigenvalue weighted by molar-refractivity contribution is -0.112. The van der Waals surface area contributed by atoms with E-state index in [2.05, 4.69) is 0 Å². The average molecular weight is 223 g/mol. The van der Waals surface area contributed by atoms with E-state index in [1.165, 1.54) is 0 Å². The number of carbonyl (C=O) groups is 2. The number of Topliss-reactive ketones (excluding diaryl/α,β-unsaturated/α-hetero) is 2. The highest BCUT2D eigenvalue weighted by Crippen LogP contribution is 2.24. The fraction of sp³-hybridized carbons (Fsp3) is 0.0714. The number of rotatable bonds is 0. The zero-order valence-electron chi connectivity index (χ0n) is 8.99. The Morgan fingerprint density at radius 2 is 1.65 bits per heavy atom. The van der Waals surface area contributed by atoms with Gasteiger partial charge in [0.05, 0.1) is 0 Å². The molecule has 0 saturated heterocycles. The molecule has 1 aliphatic rings. The third-order valence-electron chi connectivity index (χ3n) is 3.07. The van der Waals surface area contributed by atoms with E-state index in [4.69, 9.17) is 5.41 Å². The predicted octanol–water partition coefficient (Wildman–Crippen LogP) is 2.17. The molecule has 0 amide bonds. The van der Waals surface area contributed by atoms with Crippen LogP contribution in [0.5, 0.6) is 0 Å². The van der Waals surface area contributed by atoms with Gasteiger partial charge >= 0.3 is 0 Å². The van der Waals surface area contributed by atoms with Crippen LogP contribution in [0.15, 0.2) is 36.4 Å². The Balaban J connectivity index is 2.32. The van der Waals surface area contributed by atoms with Crippen LogP contribution in [0.1, 0.15) is 15.9 Å². The van der Waals surface area contributed by atoms with Gasteiger partial charge in [0.2, 0.25) is 5.78 Å². The molecule has 1 N–H and O–H groups in total. The molecule has 2 aromatic carbocycles. The molecule has 0 heterocycles. The summed E-state index contributed by atoms with van der Waals surface area (Å²) >= 11 is 0. The minimum Gasteiger partial charge on any atom is -0.294 e. The van der Waals surface area contributed by atoms with Crippen molar-refractivity contribution in [3.05, 3.63) is 47.5 Å². The van der Waals surface area contributed by atoms with Crippen LogP contribution in [0.2, 0.25) is 0 Å². The molecule has 0 fully saturated rings. The minimum absolute atomic E-state index is 0.157. The quantitative estimate of drug-likeness (QED) is 0.744. The van der Waals surface area contributed by atoms with Crippen molar-refractivity contribution < 1.29 is 9.59 Å². The van der Waals surface area contributed by atoms with E-state index in [0.717, 1.165) is 16.3 Å². The fourth-order valence-electron chi connectivity index (χ4n) is 2.17. The summed E-state index contributed by atoms with van der Waals surface area (Å²) < 4.78 is 0. The van der Waals surface area contributed by atoms with Gasteiger partial charge in [-0.2, -0.15) is 0 Å². The van der Waals surface area contributed by atoms with Gasteiger partial charge < -0.3 is 0 Å². The molecular weight excluding hydrogens is 214 g/mol. The molecular formula is C14H9NO2. The fourth-order valence-corrected chi connectivity index (χ4v) is 2.17. The van der Waals surface area contributed by atoms with E-state index >= 15 is 0 Å². The van der Waals surface area contributed by atoms with Crippen LogP contribution in [-0.4, -0.2) is 17.3 Å². The van der Waals surface area contributed by atoms with Gasteiger partial charge in [-0.25, -0.2) is 0 Å². The van der Waals surface area contributed by atoms with E-state index in [9.17, 15) is 9.59 Å². The van der Waals surface area contributed by atoms with Crippen molar-refractivity contribution >= 4 is 28.1 Å². The first-order valence-electron chi connectivity index (χ1n) is 5.35. The lowest BCUT2D eigenvalue weighted by atomic mass is 9.86. The standard InChI is InChI=1S/C14H9NO2/c15-13-12(16)7-10-5-8-3-1-2-4-9(8)6-11(10)14(13)17/h1-6,15H,7H2. The Bertz CT molecular complexity index is 686. The van der Waals surface area contributed by atoms with Crippen LogP contribution in [0.3, 0.4) is 0 Å². The summed E-state index contributed by atoms with van der Waals surface area (Å²) in [7, 11) is 0. The molecule has 0 bridgehead atoms. The van der Waals surface area contributed by atoms with Crippen molar-refractivity contribution in [2.45, 2.75) is 6.42 Å². The van der Waals surface area contributed by atoms with Gasteiger partial charge in [-0.05, 0) is 28.5 Å². The average Bonchev–Trinajstić information content (AvgIpc) is 2.34. The molecule has 82 valence electrons. The third kappa shape index (κ3) is 1.40. The van der Waals surface area contributed by atoms with Crippen LogP contribution in [0, 0.1) is 5.41 Å². The molecule has 17 heavy (non-hydrogen) atoms. The number of carbonyl (C=O) groups excluding carboxylic acids is 2. The number of fused-ring (bicyclic) bond motifs is 2. The van der Waals surface area contributed by atoms with Crippen molar-refractivity contribution in [3.63, 3.8) is 0 Å². The van der Waals surface area contributed by atoms with Gasteiger partial charge in [-0.3, -0.25) is 15.0 Å². The number of nitrogens with one attached hydrogen (secondary N) is 1. The van der Waals surface area contributed by atoms with E-state index in [1.54, 1.807) is 6.07 Å². The molecule has 0 aromatic heterocycles. The van der Waals surface area contributed by atoms with Crippen LogP contribution in [0.25, 0.3) is 10.8 Å². The summed E-state index contributed by atoms with van der Waals surface area (Å²) in [5.74, 6) is -0.847. The Morgan fingerprint density at radius 1 is 1.00 bits per heavy atom. The number of benzene rings is 2. The molecule has 3 heteroatoms. The van der Waals surface area contributed by atoms with Gasteiger partial charge in [0.15, 0.2) is 5.78 Å². The van der Waals surface area contributed by atoms with Gasteiger partial charge in [-0.15, -0.1) is 0 Å². The first kappa shape index (κ1) is 9.90. The number of ketones is 2. The number of hydrogen-bond donors (Lipinski definition) is 1. The zero-order valence-corrected chi connectivity index (χ0v) is 8.99. The summed E-state index contributed by atoms with van der Waals surface area (Å²) in [6.45, 7) is 0. The smallest absolute Gasteiger partial charge is 0.214 e. The monoisotopic (exact) mass is 223 g/mol. The molecule has 0 aliphatic heterocycles. The van der Waals surface area contributed by atoms with Crippen LogP contribution < -0.4 is 0 Å². The van der Waals surface area contributed by atoms with Gasteiger partial charge in [-0.1, -0.05) is 24.3 Å². The molecule has 3 rings (SSSR count). The van der Waals surface area contributed by atoms with E-state index < -0.39 is 17.3 Å². The highest BCUT2D eigenvalue weighted by Gasteiger charge is 2.28. The van der Waals surface area contributed by atoms with Crippen molar-refractivity contribution in [2.75, 3.05) is 0 Å². The first-order chi connectivity index (χ1) is 8.16. The Kier molecular flexibility index (Phi) is 1.95. The van der Waals surface area contributed by atoms with Gasteiger partial charge in [0.25, 0.3) is 0 Å². The van der Waals surface area contributed by atoms with E-state index in [-0.39, 0.29) is 6.42 Å². The molecule has 0 atom stereocenters. The molecule has 0 unspecified atom stereocenters. The Labute approximate surface area is 97.6 Å². The maximum atomic E-state index is 11.8. The summed E-state index contributed by atoms with van der Waals surface area (Å²) in [5.41, 5.74) is 0.829. The van der Waals surface area contributed by atoms with E-state index in [1.807, 2.05) is 30.3 Å². The highest BCUT2D eigenvalue weighted by atomic mass is 16.2. The molecule has 0 radical (unpaired) electrons. The minimum atomic E-state index is -0.456. The van der Waals surface area contributed by atoms with Gasteiger partial charge in [0.1, 0.15) is 5.71 Å². The Hall–Kier alpha value is -2.29. The second-order valence-electron chi connectivity index (χ2n) is 4.16. The first-order valence-corrected chi connectivity index (χ1v) is 5.35. The van der Waals surface area contributed by atoms with Crippen molar-refractivity contribution in [1.82, 2.24) is 0 Å². The maximum Gasteiger partial charge on any atom is 0.214 e. The summed E-state index contributed by atoms with van der Waals surface area (Å²) in [6.07, 6.45) is 0.157. The van der Waals surface area contributed by atoms with E-state index in [0.29, 0.717) is 5.56 Å². The van der Waals surface area contributed by atoms with Gasteiger partial charge in [0, 0.05) is 12.0 Å².